The van der Waals surface area contributed by atoms with E-state index in [0.717, 1.165) is 38.3 Å². The number of allylic oxidation sites excluding steroid dienone is 2. The third-order valence-corrected chi connectivity index (χ3v) is 9.20. The molecular formula is C46H37BrN2. The Labute approximate surface area is 297 Å². The molecule has 1 aromatic heterocycles. The normalized spacial score (nSPS) is 11.1. The van der Waals surface area contributed by atoms with Gasteiger partial charge in [-0.15, -0.1) is 0 Å². The van der Waals surface area contributed by atoms with E-state index in [0.29, 0.717) is 0 Å². The summed E-state index contributed by atoms with van der Waals surface area (Å²) in [4.78, 5) is 2.33. The van der Waals surface area contributed by atoms with Crippen LogP contribution in [0.2, 0.25) is 0 Å². The highest BCUT2D eigenvalue weighted by atomic mass is 79.9. The summed E-state index contributed by atoms with van der Waals surface area (Å²) in [6.07, 6.45) is 4.00. The lowest BCUT2D eigenvalue weighted by molar-refractivity contribution is 1.18. The van der Waals surface area contributed by atoms with Crippen molar-refractivity contribution < 1.29 is 0 Å². The number of anilines is 3. The average Bonchev–Trinajstić information content (AvgIpc) is 3.50. The summed E-state index contributed by atoms with van der Waals surface area (Å²) in [7, 11) is 0. The molecule has 0 spiro atoms. The highest BCUT2D eigenvalue weighted by molar-refractivity contribution is 9.10. The van der Waals surface area contributed by atoms with Crippen LogP contribution >= 0.6 is 15.9 Å². The van der Waals surface area contributed by atoms with Crippen LogP contribution in [0.3, 0.4) is 0 Å². The van der Waals surface area contributed by atoms with Gasteiger partial charge in [0.2, 0.25) is 0 Å². The molecule has 8 rings (SSSR count). The predicted molar refractivity (Wildman–Crippen MR) is 215 cm³/mol. The van der Waals surface area contributed by atoms with Crippen LogP contribution in [0.1, 0.15) is 13.8 Å². The van der Waals surface area contributed by atoms with Gasteiger partial charge < -0.3 is 9.47 Å². The number of hydrogen-bond acceptors (Lipinski definition) is 1. The van der Waals surface area contributed by atoms with E-state index in [9.17, 15) is 0 Å². The van der Waals surface area contributed by atoms with Crippen LogP contribution in [0.15, 0.2) is 193 Å². The van der Waals surface area contributed by atoms with Crippen LogP contribution in [-0.2, 0) is 0 Å². The molecule has 2 nitrogen and oxygen atoms in total. The number of hydrogen-bond donors (Lipinski definition) is 0. The van der Waals surface area contributed by atoms with Crippen molar-refractivity contribution in [2.75, 3.05) is 4.90 Å². The first kappa shape index (κ1) is 31.9. The number of para-hydroxylation sites is 3. The van der Waals surface area contributed by atoms with E-state index < -0.39 is 0 Å². The van der Waals surface area contributed by atoms with Gasteiger partial charge in [-0.3, -0.25) is 0 Å². The summed E-state index contributed by atoms with van der Waals surface area (Å²) in [5, 5.41) is 2.54. The molecule has 238 valence electrons. The first-order valence-corrected chi connectivity index (χ1v) is 17.4. The van der Waals surface area contributed by atoms with Gasteiger partial charge in [0.1, 0.15) is 0 Å². The SMILES string of the molecule is Brc1cc(-c2ccc(-n3c4ccccc4c4ccccc43)cc2)cc(N(c2ccccc2)c2cccc(-c3ccccc3)c2)c1.C/C=C\C. The van der Waals surface area contributed by atoms with E-state index in [4.69, 9.17) is 0 Å². The van der Waals surface area contributed by atoms with Crippen molar-refractivity contribution in [2.45, 2.75) is 13.8 Å². The zero-order chi connectivity index (χ0) is 33.6. The van der Waals surface area contributed by atoms with Gasteiger partial charge in [0.25, 0.3) is 0 Å². The fourth-order valence-electron chi connectivity index (χ4n) is 6.35. The molecule has 0 saturated carbocycles. The first-order valence-electron chi connectivity index (χ1n) is 16.6. The van der Waals surface area contributed by atoms with Gasteiger partial charge in [-0.1, -0.05) is 137 Å². The number of rotatable bonds is 6. The van der Waals surface area contributed by atoms with Gasteiger partial charge in [-0.05, 0) is 103 Å². The number of halogens is 1. The van der Waals surface area contributed by atoms with Gasteiger partial charge in [-0.2, -0.15) is 0 Å². The minimum Gasteiger partial charge on any atom is -0.310 e. The van der Waals surface area contributed by atoms with Crippen molar-refractivity contribution in [3.8, 4) is 27.9 Å². The molecule has 0 aliphatic heterocycles. The van der Waals surface area contributed by atoms with Crippen LogP contribution < -0.4 is 4.90 Å². The van der Waals surface area contributed by atoms with Crippen LogP contribution in [0.4, 0.5) is 17.1 Å². The quantitative estimate of drug-likeness (QED) is 0.157. The fraction of sp³-hybridized carbons (Fsp3) is 0.0435. The molecule has 0 N–H and O–H groups in total. The maximum Gasteiger partial charge on any atom is 0.0541 e. The summed E-state index contributed by atoms with van der Waals surface area (Å²) in [5.41, 5.74) is 11.6. The minimum atomic E-state index is 1.03. The van der Waals surface area contributed by atoms with E-state index in [-0.39, 0.29) is 0 Å². The van der Waals surface area contributed by atoms with Gasteiger partial charge >= 0.3 is 0 Å². The lowest BCUT2D eigenvalue weighted by Crippen LogP contribution is -2.10. The smallest absolute Gasteiger partial charge is 0.0541 e. The predicted octanol–water partition coefficient (Wildman–Crippen LogP) is 13.9. The third kappa shape index (κ3) is 6.72. The summed E-state index contributed by atoms with van der Waals surface area (Å²) in [6.45, 7) is 4.00. The van der Waals surface area contributed by atoms with Crippen LogP contribution in [-0.4, -0.2) is 4.57 Å². The Hall–Kier alpha value is -5.64. The van der Waals surface area contributed by atoms with Crippen LogP contribution in [0, 0.1) is 0 Å². The third-order valence-electron chi connectivity index (χ3n) is 8.74. The molecular weight excluding hydrogens is 660 g/mol. The molecule has 8 aromatic rings. The van der Waals surface area contributed by atoms with Gasteiger partial charge in [-0.25, -0.2) is 0 Å². The fourth-order valence-corrected chi connectivity index (χ4v) is 6.83. The van der Waals surface area contributed by atoms with Gasteiger partial charge in [0.05, 0.1) is 11.0 Å². The molecule has 0 bridgehead atoms. The van der Waals surface area contributed by atoms with Crippen molar-refractivity contribution in [3.05, 3.63) is 193 Å². The summed E-state index contributed by atoms with van der Waals surface area (Å²) in [6, 6.07) is 62.8. The monoisotopic (exact) mass is 696 g/mol. The molecule has 0 aliphatic carbocycles. The van der Waals surface area contributed by atoms with E-state index in [1.54, 1.807) is 0 Å². The van der Waals surface area contributed by atoms with Crippen molar-refractivity contribution in [3.63, 3.8) is 0 Å². The Morgan fingerprint density at radius 1 is 0.429 bits per heavy atom. The summed E-state index contributed by atoms with van der Waals surface area (Å²) < 4.78 is 3.39. The number of fused-ring (bicyclic) bond motifs is 3. The lowest BCUT2D eigenvalue weighted by Gasteiger charge is -2.27. The molecule has 0 saturated heterocycles. The van der Waals surface area contributed by atoms with Gasteiger partial charge in [0, 0.05) is 38.0 Å². The molecule has 3 heteroatoms. The Morgan fingerprint density at radius 3 is 1.57 bits per heavy atom. The Morgan fingerprint density at radius 2 is 0.939 bits per heavy atom. The van der Waals surface area contributed by atoms with E-state index in [1.807, 2.05) is 26.0 Å². The Kier molecular flexibility index (Phi) is 9.54. The molecule has 49 heavy (non-hydrogen) atoms. The molecule has 0 amide bonds. The van der Waals surface area contributed by atoms with E-state index in [2.05, 4.69) is 201 Å². The molecule has 7 aromatic carbocycles. The summed E-state index contributed by atoms with van der Waals surface area (Å²) >= 11 is 3.84. The lowest BCUT2D eigenvalue weighted by atomic mass is 10.0. The van der Waals surface area contributed by atoms with Crippen molar-refractivity contribution in [2.24, 2.45) is 0 Å². The average molecular weight is 698 g/mol. The molecule has 0 unspecified atom stereocenters. The minimum absolute atomic E-state index is 1.03. The molecule has 0 fully saturated rings. The standard InChI is InChI=1S/C42H29BrN2.C4H8/c43-34-26-33(31-22-24-36(25-23-31)45-41-20-9-7-18-39(41)40-19-8-10-21-42(40)45)28-38(29-34)44(35-15-5-2-6-16-35)37-17-11-14-32(27-37)30-12-3-1-4-13-30;1-3-4-2/h1-29H;3-4H,1-2H3/b;4-3-. The zero-order valence-electron chi connectivity index (χ0n) is 27.7. The highest BCUT2D eigenvalue weighted by Crippen LogP contribution is 2.40. The Balaban J connectivity index is 0.000000898. The molecule has 1 heterocycles. The highest BCUT2D eigenvalue weighted by Gasteiger charge is 2.16. The van der Waals surface area contributed by atoms with Crippen molar-refractivity contribution in [1.29, 1.82) is 0 Å². The van der Waals surface area contributed by atoms with Crippen molar-refractivity contribution >= 4 is 54.8 Å². The molecule has 0 radical (unpaired) electrons. The molecule has 0 atom stereocenters. The maximum atomic E-state index is 3.84. The zero-order valence-corrected chi connectivity index (χ0v) is 29.3. The number of nitrogens with zero attached hydrogens (tertiary/aromatic N) is 2. The Bertz CT molecular complexity index is 2300. The maximum absolute atomic E-state index is 3.84. The van der Waals surface area contributed by atoms with E-state index >= 15 is 0 Å². The van der Waals surface area contributed by atoms with E-state index in [1.165, 1.54) is 32.9 Å². The number of benzene rings is 7. The second-order valence-electron chi connectivity index (χ2n) is 11.9. The van der Waals surface area contributed by atoms with Gasteiger partial charge in [0.15, 0.2) is 0 Å². The van der Waals surface area contributed by atoms with Crippen LogP contribution in [0.5, 0.6) is 0 Å². The topological polar surface area (TPSA) is 8.17 Å². The molecule has 0 aliphatic rings. The second kappa shape index (κ2) is 14.6. The first-order chi connectivity index (χ1) is 24.1. The van der Waals surface area contributed by atoms with Crippen LogP contribution in [0.25, 0.3) is 49.7 Å². The largest absolute Gasteiger partial charge is 0.310 e. The second-order valence-corrected chi connectivity index (χ2v) is 12.8. The van der Waals surface area contributed by atoms with Crippen molar-refractivity contribution in [1.82, 2.24) is 4.57 Å². The summed E-state index contributed by atoms with van der Waals surface area (Å²) in [5.74, 6) is 0. The number of aromatic nitrogens is 1.